The monoisotopic (exact) mass is 445 g/mol. The molecule has 0 radical (unpaired) electrons. The lowest BCUT2D eigenvalue weighted by atomic mass is 10.3. The lowest BCUT2D eigenvalue weighted by Gasteiger charge is -2.08. The molecule has 0 aliphatic rings. The molecule has 0 saturated heterocycles. The molecule has 102 valence electrons. The Bertz CT molecular complexity index is 711. The van der Waals surface area contributed by atoms with E-state index in [0.717, 1.165) is 11.3 Å². The molecule has 19 heavy (non-hydrogen) atoms. The van der Waals surface area contributed by atoms with E-state index in [9.17, 15) is 13.5 Å². The maximum absolute atomic E-state index is 12.1. The fourth-order valence-electron chi connectivity index (χ4n) is 1.24. The number of hydrogen-bond donors (Lipinski definition) is 2. The van der Waals surface area contributed by atoms with E-state index in [-0.39, 0.29) is 15.6 Å². The van der Waals surface area contributed by atoms with Crippen LogP contribution < -0.4 is 4.72 Å². The number of halogens is 3. The van der Waals surface area contributed by atoms with Crippen molar-refractivity contribution >= 4 is 70.5 Å². The van der Waals surface area contributed by atoms with Gasteiger partial charge in [-0.2, -0.15) is 0 Å². The van der Waals surface area contributed by atoms with Crippen molar-refractivity contribution in [1.29, 1.82) is 0 Å². The first-order valence-electron chi connectivity index (χ1n) is 4.76. The number of hydrogen-bond acceptors (Lipinski definition) is 4. The molecule has 1 aromatic heterocycles. The smallest absolute Gasteiger partial charge is 0.271 e. The molecule has 0 saturated carbocycles. The van der Waals surface area contributed by atoms with Gasteiger partial charge in [0.15, 0.2) is 0 Å². The van der Waals surface area contributed by atoms with E-state index < -0.39 is 10.0 Å². The second-order valence-electron chi connectivity index (χ2n) is 3.45. The van der Waals surface area contributed by atoms with Gasteiger partial charge in [-0.05, 0) is 40.2 Å². The highest BCUT2D eigenvalue weighted by Crippen LogP contribution is 2.36. The molecule has 0 aliphatic heterocycles. The van der Waals surface area contributed by atoms with E-state index in [2.05, 4.69) is 36.6 Å². The lowest BCUT2D eigenvalue weighted by Crippen LogP contribution is -2.11. The summed E-state index contributed by atoms with van der Waals surface area (Å²) in [6, 6.07) is 5.80. The van der Waals surface area contributed by atoms with Crippen LogP contribution in [0.1, 0.15) is 0 Å². The third kappa shape index (κ3) is 3.43. The highest BCUT2D eigenvalue weighted by molar-refractivity contribution is 9.11. The van der Waals surface area contributed by atoms with E-state index in [4.69, 9.17) is 11.6 Å². The second-order valence-corrected chi connectivity index (χ2v) is 9.06. The van der Waals surface area contributed by atoms with E-state index >= 15 is 0 Å². The summed E-state index contributed by atoms with van der Waals surface area (Å²) in [4.78, 5) is 0. The van der Waals surface area contributed by atoms with Gasteiger partial charge < -0.3 is 5.11 Å². The Kier molecular flexibility index (Phi) is 4.46. The molecular formula is C10H6Br2ClNO3S2. The lowest BCUT2D eigenvalue weighted by molar-refractivity contribution is 0.477. The van der Waals surface area contributed by atoms with Crippen LogP contribution in [-0.4, -0.2) is 13.5 Å². The van der Waals surface area contributed by atoms with E-state index in [1.807, 2.05) is 0 Å². The Morgan fingerprint density at radius 1 is 1.26 bits per heavy atom. The maximum Gasteiger partial charge on any atom is 0.271 e. The van der Waals surface area contributed by atoms with Gasteiger partial charge in [0, 0.05) is 4.47 Å². The Morgan fingerprint density at radius 3 is 2.53 bits per heavy atom. The van der Waals surface area contributed by atoms with Crippen LogP contribution in [0.3, 0.4) is 0 Å². The SMILES string of the molecule is O=S(=O)(Nc1cc(Br)ccc1O)c1cc(Cl)c(Br)s1. The van der Waals surface area contributed by atoms with Crippen molar-refractivity contribution < 1.29 is 13.5 Å². The van der Waals surface area contributed by atoms with Crippen molar-refractivity contribution in [2.75, 3.05) is 4.72 Å². The number of anilines is 1. The van der Waals surface area contributed by atoms with Crippen molar-refractivity contribution in [1.82, 2.24) is 0 Å². The minimum absolute atomic E-state index is 0.0590. The van der Waals surface area contributed by atoms with Gasteiger partial charge in [0.1, 0.15) is 9.96 Å². The molecule has 2 aromatic rings. The first kappa shape index (κ1) is 15.1. The van der Waals surface area contributed by atoms with Crippen molar-refractivity contribution in [2.24, 2.45) is 0 Å². The molecule has 0 bridgehead atoms. The number of nitrogens with one attached hydrogen (secondary N) is 1. The van der Waals surface area contributed by atoms with Gasteiger partial charge in [-0.3, -0.25) is 4.72 Å². The minimum Gasteiger partial charge on any atom is -0.506 e. The molecule has 1 heterocycles. The fraction of sp³-hybridized carbons (Fsp3) is 0. The normalized spacial score (nSPS) is 11.5. The number of phenolic OH excluding ortho intramolecular Hbond substituents is 1. The average molecular weight is 448 g/mol. The standard InChI is InChI=1S/C10H6Br2ClNO3S2/c11-5-1-2-8(15)7(3-5)14-19(16,17)9-4-6(13)10(12)18-9/h1-4,14-15H. The number of thiophene rings is 1. The maximum atomic E-state index is 12.1. The van der Waals surface area contributed by atoms with Gasteiger partial charge >= 0.3 is 0 Å². The largest absolute Gasteiger partial charge is 0.506 e. The van der Waals surface area contributed by atoms with Crippen LogP contribution in [0.15, 0.2) is 36.7 Å². The molecule has 0 fully saturated rings. The van der Waals surface area contributed by atoms with Gasteiger partial charge in [0.2, 0.25) is 0 Å². The molecule has 0 aliphatic carbocycles. The second kappa shape index (κ2) is 5.61. The van der Waals surface area contributed by atoms with Crippen LogP contribution in [0.2, 0.25) is 5.02 Å². The van der Waals surface area contributed by atoms with Gasteiger partial charge in [0.25, 0.3) is 10.0 Å². The van der Waals surface area contributed by atoms with Crippen molar-refractivity contribution in [3.05, 3.63) is 37.5 Å². The van der Waals surface area contributed by atoms with Crippen LogP contribution in [0.25, 0.3) is 0 Å². The Balaban J connectivity index is 2.39. The predicted octanol–water partition coefficient (Wildman–Crippen LogP) is 4.43. The summed E-state index contributed by atoms with van der Waals surface area (Å²) in [5, 5.41) is 9.95. The third-order valence-electron chi connectivity index (χ3n) is 2.09. The summed E-state index contributed by atoms with van der Waals surface area (Å²) in [7, 11) is -3.78. The molecular weight excluding hydrogens is 442 g/mol. The first-order valence-corrected chi connectivity index (χ1v) is 9.02. The predicted molar refractivity (Wildman–Crippen MR) is 83.6 cm³/mol. The van der Waals surface area contributed by atoms with Gasteiger partial charge in [-0.1, -0.05) is 27.5 Å². The van der Waals surface area contributed by atoms with Crippen molar-refractivity contribution in [3.63, 3.8) is 0 Å². The quantitative estimate of drug-likeness (QED) is 0.684. The number of phenols is 1. The van der Waals surface area contributed by atoms with Crippen LogP contribution in [0.4, 0.5) is 5.69 Å². The van der Waals surface area contributed by atoms with Crippen LogP contribution in [-0.2, 0) is 10.0 Å². The summed E-state index contributed by atoms with van der Waals surface area (Å²) in [5.41, 5.74) is 0.0926. The Hall–Kier alpha value is -0.280. The van der Waals surface area contributed by atoms with E-state index in [1.165, 1.54) is 18.2 Å². The topological polar surface area (TPSA) is 66.4 Å². The molecule has 2 N–H and O–H groups in total. The van der Waals surface area contributed by atoms with Gasteiger partial charge in [-0.15, -0.1) is 11.3 Å². The van der Waals surface area contributed by atoms with Gasteiger partial charge in [-0.25, -0.2) is 8.42 Å². The molecule has 0 amide bonds. The first-order chi connectivity index (χ1) is 8.79. The zero-order valence-electron chi connectivity index (χ0n) is 9.02. The molecule has 2 rings (SSSR count). The number of benzene rings is 1. The number of rotatable bonds is 3. The van der Waals surface area contributed by atoms with Crippen molar-refractivity contribution in [2.45, 2.75) is 4.21 Å². The molecule has 0 atom stereocenters. The highest BCUT2D eigenvalue weighted by atomic mass is 79.9. The molecule has 9 heteroatoms. The van der Waals surface area contributed by atoms with Crippen LogP contribution >= 0.6 is 54.8 Å². The summed E-state index contributed by atoms with van der Waals surface area (Å²) in [6.45, 7) is 0. The fourth-order valence-corrected chi connectivity index (χ4v) is 5.07. The molecule has 4 nitrogen and oxygen atoms in total. The van der Waals surface area contributed by atoms with Crippen molar-refractivity contribution in [3.8, 4) is 5.75 Å². The molecule has 1 aromatic carbocycles. The zero-order chi connectivity index (χ0) is 14.2. The minimum atomic E-state index is -3.78. The molecule has 0 spiro atoms. The zero-order valence-corrected chi connectivity index (χ0v) is 14.6. The summed E-state index contributed by atoms with van der Waals surface area (Å²) >= 11 is 13.2. The number of sulfonamides is 1. The summed E-state index contributed by atoms with van der Waals surface area (Å²) in [6.07, 6.45) is 0. The van der Waals surface area contributed by atoms with E-state index in [1.54, 1.807) is 6.07 Å². The summed E-state index contributed by atoms with van der Waals surface area (Å²) in [5.74, 6) is -0.159. The van der Waals surface area contributed by atoms with Crippen LogP contribution in [0.5, 0.6) is 5.75 Å². The Morgan fingerprint density at radius 2 is 1.95 bits per heavy atom. The van der Waals surface area contributed by atoms with Gasteiger partial charge in [0.05, 0.1) is 14.5 Å². The average Bonchev–Trinajstić information content (AvgIpc) is 2.65. The van der Waals surface area contributed by atoms with Crippen LogP contribution in [0, 0.1) is 0 Å². The highest BCUT2D eigenvalue weighted by Gasteiger charge is 2.20. The molecule has 0 unspecified atom stereocenters. The number of aromatic hydroxyl groups is 1. The Labute approximate surface area is 135 Å². The summed E-state index contributed by atoms with van der Waals surface area (Å²) < 4.78 is 27.8. The third-order valence-corrected chi connectivity index (χ3v) is 6.90. The van der Waals surface area contributed by atoms with E-state index in [0.29, 0.717) is 13.3 Å².